The van der Waals surface area contributed by atoms with Gasteiger partial charge in [-0.3, -0.25) is 4.79 Å². The lowest BCUT2D eigenvalue weighted by molar-refractivity contribution is 0.0696. The van der Waals surface area contributed by atoms with E-state index in [-0.39, 0.29) is 11.1 Å². The van der Waals surface area contributed by atoms with Gasteiger partial charge in [-0.15, -0.1) is 0 Å². The standard InChI is InChI=1S/C15H14N2O3S/c1-8-2-5-10(6-11(8)15(19)20)21-13-7-12(18)16-14(17-13)9-3-4-9/h2,5-7,9H,3-4H2,1H3,(H,19,20)(H,16,17,18). The Hall–Kier alpha value is -2.08. The summed E-state index contributed by atoms with van der Waals surface area (Å²) in [4.78, 5) is 30.8. The zero-order valence-corrected chi connectivity index (χ0v) is 12.2. The van der Waals surface area contributed by atoms with E-state index in [0.29, 0.717) is 16.5 Å². The van der Waals surface area contributed by atoms with Gasteiger partial charge in [0.2, 0.25) is 0 Å². The summed E-state index contributed by atoms with van der Waals surface area (Å²) < 4.78 is 0. The van der Waals surface area contributed by atoms with Gasteiger partial charge in [0.15, 0.2) is 0 Å². The summed E-state index contributed by atoms with van der Waals surface area (Å²) in [7, 11) is 0. The third-order valence-electron chi connectivity index (χ3n) is 3.36. The van der Waals surface area contributed by atoms with Crippen LogP contribution in [-0.2, 0) is 0 Å². The highest BCUT2D eigenvalue weighted by Crippen LogP contribution is 2.38. The quantitative estimate of drug-likeness (QED) is 0.849. The minimum absolute atomic E-state index is 0.167. The molecule has 0 bridgehead atoms. The molecule has 0 radical (unpaired) electrons. The predicted molar refractivity (Wildman–Crippen MR) is 79.1 cm³/mol. The monoisotopic (exact) mass is 302 g/mol. The fourth-order valence-electron chi connectivity index (χ4n) is 2.07. The molecule has 3 rings (SSSR count). The molecule has 1 aromatic heterocycles. The molecule has 21 heavy (non-hydrogen) atoms. The number of carboxylic acid groups (broad SMARTS) is 1. The second-order valence-electron chi connectivity index (χ2n) is 5.13. The Morgan fingerprint density at radius 2 is 2.14 bits per heavy atom. The van der Waals surface area contributed by atoms with E-state index in [4.69, 9.17) is 5.11 Å². The molecule has 6 heteroatoms. The summed E-state index contributed by atoms with van der Waals surface area (Å²) in [5.74, 6) is 0.147. The first-order valence-electron chi connectivity index (χ1n) is 6.66. The number of rotatable bonds is 4. The summed E-state index contributed by atoms with van der Waals surface area (Å²) in [5, 5.41) is 9.74. The maximum atomic E-state index is 11.7. The number of nitrogens with one attached hydrogen (secondary N) is 1. The van der Waals surface area contributed by atoms with Crippen molar-refractivity contribution in [3.63, 3.8) is 0 Å². The first kappa shape index (κ1) is 13.9. The van der Waals surface area contributed by atoms with Gasteiger partial charge in [0.05, 0.1) is 5.56 Å². The van der Waals surface area contributed by atoms with Gasteiger partial charge in [-0.2, -0.15) is 0 Å². The lowest BCUT2D eigenvalue weighted by Gasteiger charge is -2.06. The van der Waals surface area contributed by atoms with Crippen molar-refractivity contribution in [3.05, 3.63) is 51.6 Å². The van der Waals surface area contributed by atoms with E-state index >= 15 is 0 Å². The molecule has 1 aromatic carbocycles. The smallest absolute Gasteiger partial charge is 0.335 e. The van der Waals surface area contributed by atoms with Crippen LogP contribution in [0.2, 0.25) is 0 Å². The van der Waals surface area contributed by atoms with Crippen molar-refractivity contribution in [3.8, 4) is 0 Å². The third-order valence-corrected chi connectivity index (χ3v) is 4.27. The van der Waals surface area contributed by atoms with Crippen LogP contribution >= 0.6 is 11.8 Å². The van der Waals surface area contributed by atoms with Gasteiger partial charge in [-0.1, -0.05) is 17.8 Å². The number of aromatic carboxylic acids is 1. The van der Waals surface area contributed by atoms with E-state index in [0.717, 1.165) is 23.6 Å². The topological polar surface area (TPSA) is 83.0 Å². The Morgan fingerprint density at radius 1 is 1.38 bits per heavy atom. The summed E-state index contributed by atoms with van der Waals surface area (Å²) in [6, 6.07) is 6.66. The van der Waals surface area contributed by atoms with E-state index in [9.17, 15) is 9.59 Å². The van der Waals surface area contributed by atoms with Crippen molar-refractivity contribution in [1.82, 2.24) is 9.97 Å². The lowest BCUT2D eigenvalue weighted by atomic mass is 10.1. The van der Waals surface area contributed by atoms with Gasteiger partial charge in [-0.25, -0.2) is 9.78 Å². The summed E-state index contributed by atoms with van der Waals surface area (Å²) in [6.07, 6.45) is 2.12. The molecule has 1 aliphatic carbocycles. The first-order chi connectivity index (χ1) is 10.0. The molecule has 108 valence electrons. The van der Waals surface area contributed by atoms with Crippen molar-refractivity contribution in [2.45, 2.75) is 35.6 Å². The third kappa shape index (κ3) is 3.16. The molecule has 0 aliphatic heterocycles. The van der Waals surface area contributed by atoms with Crippen LogP contribution in [0.25, 0.3) is 0 Å². The highest BCUT2D eigenvalue weighted by molar-refractivity contribution is 7.99. The Balaban J connectivity index is 1.91. The van der Waals surface area contributed by atoms with Crippen LogP contribution in [0.1, 0.15) is 40.5 Å². The lowest BCUT2D eigenvalue weighted by Crippen LogP contribution is -2.10. The Bertz CT molecular complexity index is 766. The number of benzene rings is 1. The van der Waals surface area contributed by atoms with Crippen LogP contribution in [0.3, 0.4) is 0 Å². The summed E-state index contributed by atoms with van der Waals surface area (Å²) in [6.45, 7) is 1.76. The fraction of sp³-hybridized carbons (Fsp3) is 0.267. The zero-order chi connectivity index (χ0) is 15.0. The van der Waals surface area contributed by atoms with E-state index in [1.165, 1.54) is 17.8 Å². The Kier molecular flexibility index (Phi) is 3.55. The van der Waals surface area contributed by atoms with Crippen LogP contribution in [0, 0.1) is 6.92 Å². The largest absolute Gasteiger partial charge is 0.478 e. The zero-order valence-electron chi connectivity index (χ0n) is 11.4. The Morgan fingerprint density at radius 3 is 2.81 bits per heavy atom. The van der Waals surface area contributed by atoms with Gasteiger partial charge < -0.3 is 10.1 Å². The average molecular weight is 302 g/mol. The Labute approximate surface area is 125 Å². The van der Waals surface area contributed by atoms with Crippen LogP contribution in [0.15, 0.2) is 39.0 Å². The van der Waals surface area contributed by atoms with Crippen LogP contribution in [0.4, 0.5) is 0 Å². The van der Waals surface area contributed by atoms with Crippen molar-refractivity contribution >= 4 is 17.7 Å². The fourth-order valence-corrected chi connectivity index (χ4v) is 2.94. The molecule has 1 heterocycles. The molecule has 0 saturated heterocycles. The maximum absolute atomic E-state index is 11.7. The number of aromatic amines is 1. The summed E-state index contributed by atoms with van der Waals surface area (Å²) >= 11 is 1.31. The van der Waals surface area contributed by atoms with E-state index in [1.54, 1.807) is 19.1 Å². The number of carbonyl (C=O) groups is 1. The second-order valence-corrected chi connectivity index (χ2v) is 6.22. The average Bonchev–Trinajstić information content (AvgIpc) is 3.24. The van der Waals surface area contributed by atoms with Crippen molar-refractivity contribution in [2.75, 3.05) is 0 Å². The number of carboxylic acids is 1. The van der Waals surface area contributed by atoms with Gasteiger partial charge in [-0.05, 0) is 37.5 Å². The molecule has 1 saturated carbocycles. The van der Waals surface area contributed by atoms with Crippen molar-refractivity contribution in [1.29, 1.82) is 0 Å². The van der Waals surface area contributed by atoms with Crippen LogP contribution in [-0.4, -0.2) is 21.0 Å². The number of hydrogen-bond donors (Lipinski definition) is 2. The van der Waals surface area contributed by atoms with Gasteiger partial charge in [0, 0.05) is 16.9 Å². The van der Waals surface area contributed by atoms with E-state index < -0.39 is 5.97 Å². The SMILES string of the molecule is Cc1ccc(Sc2cc(=O)[nH]c(C3CC3)n2)cc1C(=O)O. The molecule has 5 nitrogen and oxygen atoms in total. The maximum Gasteiger partial charge on any atom is 0.335 e. The van der Waals surface area contributed by atoms with E-state index in [1.807, 2.05) is 6.07 Å². The number of H-pyrrole nitrogens is 1. The molecule has 2 aromatic rings. The normalized spacial score (nSPS) is 14.1. The number of aromatic nitrogens is 2. The molecule has 0 spiro atoms. The molecule has 2 N–H and O–H groups in total. The van der Waals surface area contributed by atoms with Gasteiger partial charge in [0.25, 0.3) is 5.56 Å². The second kappa shape index (κ2) is 5.37. The first-order valence-corrected chi connectivity index (χ1v) is 7.47. The number of hydrogen-bond acceptors (Lipinski definition) is 4. The van der Waals surface area contributed by atoms with Gasteiger partial charge >= 0.3 is 5.97 Å². The van der Waals surface area contributed by atoms with Crippen molar-refractivity contribution < 1.29 is 9.90 Å². The summed E-state index contributed by atoms with van der Waals surface area (Å²) in [5.41, 5.74) is 0.816. The minimum atomic E-state index is -0.951. The molecule has 0 unspecified atom stereocenters. The number of aryl methyl sites for hydroxylation is 1. The minimum Gasteiger partial charge on any atom is -0.478 e. The highest BCUT2D eigenvalue weighted by atomic mass is 32.2. The van der Waals surface area contributed by atoms with Crippen LogP contribution in [0.5, 0.6) is 0 Å². The molecule has 0 amide bonds. The molecular formula is C15H14N2O3S. The number of nitrogens with zero attached hydrogens (tertiary/aromatic N) is 1. The van der Waals surface area contributed by atoms with Gasteiger partial charge in [0.1, 0.15) is 10.9 Å². The predicted octanol–water partition coefficient (Wildman–Crippen LogP) is 2.81. The molecule has 0 atom stereocenters. The molecule has 1 aliphatic rings. The van der Waals surface area contributed by atoms with Crippen molar-refractivity contribution in [2.24, 2.45) is 0 Å². The molecule has 1 fully saturated rings. The van der Waals surface area contributed by atoms with Crippen LogP contribution < -0.4 is 5.56 Å². The molecular weight excluding hydrogens is 288 g/mol. The van der Waals surface area contributed by atoms with E-state index in [2.05, 4.69) is 9.97 Å². The highest BCUT2D eigenvalue weighted by Gasteiger charge is 2.26.